The first-order chi connectivity index (χ1) is 12.7. The minimum Gasteiger partial charge on any atom is -0.448 e. The van der Waals surface area contributed by atoms with Crippen LogP contribution in [0.5, 0.6) is 0 Å². The van der Waals surface area contributed by atoms with Crippen molar-refractivity contribution in [2.75, 3.05) is 0 Å². The standard InChI is InChI=1S/C21H21FN2O2/c22-17-3-1-2-14(9-17)12-24-19(11-16-6-7-26-21(16)24)20(25)23-18-10-13-4-5-15(18)8-13/h1-3,6-7,9,11,13,15,18H,4-5,8,10,12H2,(H,23,25)/t13-,15-,18+/m1/s1. The van der Waals surface area contributed by atoms with Gasteiger partial charge in [0.15, 0.2) is 0 Å². The lowest BCUT2D eigenvalue weighted by molar-refractivity contribution is 0.0914. The van der Waals surface area contributed by atoms with Crippen LogP contribution in [-0.4, -0.2) is 16.5 Å². The van der Waals surface area contributed by atoms with Gasteiger partial charge in [-0.15, -0.1) is 0 Å². The molecule has 1 N–H and O–H groups in total. The lowest BCUT2D eigenvalue weighted by Gasteiger charge is -2.23. The van der Waals surface area contributed by atoms with Gasteiger partial charge in [0, 0.05) is 11.4 Å². The molecule has 4 nitrogen and oxygen atoms in total. The van der Waals surface area contributed by atoms with Crippen LogP contribution in [0.25, 0.3) is 11.1 Å². The Kier molecular flexibility index (Phi) is 3.62. The third-order valence-electron chi connectivity index (χ3n) is 6.02. The largest absolute Gasteiger partial charge is 0.448 e. The number of furan rings is 1. The van der Waals surface area contributed by atoms with Gasteiger partial charge >= 0.3 is 0 Å². The molecule has 2 fully saturated rings. The third-order valence-corrected chi connectivity index (χ3v) is 6.02. The molecule has 0 unspecified atom stereocenters. The highest BCUT2D eigenvalue weighted by Crippen LogP contribution is 2.44. The van der Waals surface area contributed by atoms with E-state index in [1.54, 1.807) is 12.3 Å². The first-order valence-electron chi connectivity index (χ1n) is 9.29. The summed E-state index contributed by atoms with van der Waals surface area (Å²) in [6.45, 7) is 0.397. The van der Waals surface area contributed by atoms with Crippen LogP contribution < -0.4 is 5.32 Å². The van der Waals surface area contributed by atoms with E-state index in [-0.39, 0.29) is 17.8 Å². The van der Waals surface area contributed by atoms with Gasteiger partial charge in [0.2, 0.25) is 5.71 Å². The Labute approximate surface area is 151 Å². The molecule has 26 heavy (non-hydrogen) atoms. The predicted molar refractivity (Wildman–Crippen MR) is 96.4 cm³/mol. The number of hydrogen-bond donors (Lipinski definition) is 1. The van der Waals surface area contributed by atoms with Crippen LogP contribution in [0.1, 0.15) is 41.7 Å². The highest BCUT2D eigenvalue weighted by molar-refractivity contribution is 5.98. The van der Waals surface area contributed by atoms with Crippen molar-refractivity contribution >= 4 is 17.0 Å². The maximum atomic E-state index is 13.6. The average Bonchev–Trinajstić information content (AvgIpc) is 3.37. The van der Waals surface area contributed by atoms with Crippen molar-refractivity contribution in [3.8, 4) is 0 Å². The molecule has 2 aromatic heterocycles. The van der Waals surface area contributed by atoms with Gasteiger partial charge in [-0.1, -0.05) is 18.6 Å². The summed E-state index contributed by atoms with van der Waals surface area (Å²) in [6, 6.07) is 10.5. The van der Waals surface area contributed by atoms with E-state index >= 15 is 0 Å². The van der Waals surface area contributed by atoms with Crippen molar-refractivity contribution in [2.24, 2.45) is 11.8 Å². The molecular formula is C21H21FN2O2. The molecule has 0 radical (unpaired) electrons. The highest BCUT2D eigenvalue weighted by atomic mass is 19.1. The van der Waals surface area contributed by atoms with E-state index in [1.807, 2.05) is 22.8 Å². The molecule has 1 amide bonds. The summed E-state index contributed by atoms with van der Waals surface area (Å²) in [5.41, 5.74) is 2.02. The number of benzene rings is 1. The van der Waals surface area contributed by atoms with Crippen LogP contribution in [0.4, 0.5) is 4.39 Å². The second-order valence-corrected chi connectivity index (χ2v) is 7.68. The van der Waals surface area contributed by atoms with E-state index in [4.69, 9.17) is 4.42 Å². The fourth-order valence-corrected chi connectivity index (χ4v) is 4.80. The molecule has 0 saturated heterocycles. The second-order valence-electron chi connectivity index (χ2n) is 7.68. The van der Waals surface area contributed by atoms with Crippen molar-refractivity contribution < 1.29 is 13.6 Å². The Morgan fingerprint density at radius 2 is 2.15 bits per heavy atom. The van der Waals surface area contributed by atoms with Gasteiger partial charge in [-0.3, -0.25) is 4.79 Å². The molecule has 2 aliphatic rings. The van der Waals surface area contributed by atoms with Crippen LogP contribution >= 0.6 is 0 Å². The van der Waals surface area contributed by atoms with Crippen molar-refractivity contribution in [1.29, 1.82) is 0 Å². The molecule has 3 aromatic rings. The second kappa shape index (κ2) is 6.01. The van der Waals surface area contributed by atoms with Crippen LogP contribution in [0.3, 0.4) is 0 Å². The Morgan fingerprint density at radius 1 is 1.23 bits per heavy atom. The molecule has 0 spiro atoms. The minimum atomic E-state index is -0.279. The van der Waals surface area contributed by atoms with Crippen LogP contribution in [-0.2, 0) is 6.54 Å². The Morgan fingerprint density at radius 3 is 2.92 bits per heavy atom. The zero-order valence-electron chi connectivity index (χ0n) is 14.5. The summed E-state index contributed by atoms with van der Waals surface area (Å²) in [5, 5.41) is 4.13. The molecule has 2 saturated carbocycles. The molecule has 134 valence electrons. The monoisotopic (exact) mass is 352 g/mol. The number of rotatable bonds is 4. The van der Waals surface area contributed by atoms with Gasteiger partial charge in [-0.2, -0.15) is 0 Å². The Balaban J connectivity index is 1.45. The zero-order valence-corrected chi connectivity index (χ0v) is 14.5. The lowest BCUT2D eigenvalue weighted by atomic mass is 9.95. The fraction of sp³-hybridized carbons (Fsp3) is 0.381. The number of fused-ring (bicyclic) bond motifs is 3. The van der Waals surface area contributed by atoms with Crippen LogP contribution in [0.15, 0.2) is 47.1 Å². The van der Waals surface area contributed by atoms with Crippen molar-refractivity contribution in [1.82, 2.24) is 9.88 Å². The molecule has 2 bridgehead atoms. The zero-order chi connectivity index (χ0) is 17.7. The van der Waals surface area contributed by atoms with E-state index < -0.39 is 0 Å². The number of carbonyl (C=O) groups is 1. The summed E-state index contributed by atoms with van der Waals surface area (Å²) in [6.07, 6.45) is 6.49. The maximum Gasteiger partial charge on any atom is 0.268 e. The molecule has 1 aromatic carbocycles. The smallest absolute Gasteiger partial charge is 0.268 e. The molecular weight excluding hydrogens is 331 g/mol. The molecule has 5 heteroatoms. The van der Waals surface area contributed by atoms with E-state index in [0.717, 1.165) is 23.3 Å². The van der Waals surface area contributed by atoms with Gasteiger partial charge in [0.25, 0.3) is 5.91 Å². The summed E-state index contributed by atoms with van der Waals surface area (Å²) >= 11 is 0. The first kappa shape index (κ1) is 15.7. The Bertz CT molecular complexity index is 973. The maximum absolute atomic E-state index is 13.6. The molecule has 0 aliphatic heterocycles. The van der Waals surface area contributed by atoms with Crippen molar-refractivity contribution in [3.63, 3.8) is 0 Å². The van der Waals surface area contributed by atoms with Gasteiger partial charge < -0.3 is 14.3 Å². The predicted octanol–water partition coefficient (Wildman–Crippen LogP) is 4.34. The molecule has 2 heterocycles. The van der Waals surface area contributed by atoms with E-state index in [2.05, 4.69) is 5.32 Å². The third kappa shape index (κ3) is 2.62. The SMILES string of the molecule is O=C(N[C@H]1C[C@@H]2CC[C@@H]1C2)c1cc2ccoc2n1Cc1cccc(F)c1. The number of nitrogens with one attached hydrogen (secondary N) is 1. The number of hydrogen-bond acceptors (Lipinski definition) is 2. The van der Waals surface area contributed by atoms with Gasteiger partial charge in [0.1, 0.15) is 11.5 Å². The summed E-state index contributed by atoms with van der Waals surface area (Å²) in [4.78, 5) is 13.0. The van der Waals surface area contributed by atoms with Gasteiger partial charge in [-0.25, -0.2) is 4.39 Å². The normalized spacial score (nSPS) is 24.4. The highest BCUT2D eigenvalue weighted by Gasteiger charge is 2.40. The van der Waals surface area contributed by atoms with E-state index in [1.165, 1.54) is 31.4 Å². The quantitative estimate of drug-likeness (QED) is 0.759. The fourth-order valence-electron chi connectivity index (χ4n) is 4.80. The number of carbonyl (C=O) groups excluding carboxylic acids is 1. The number of nitrogens with zero attached hydrogens (tertiary/aromatic N) is 1. The molecule has 3 atom stereocenters. The average molecular weight is 352 g/mol. The summed E-state index contributed by atoms with van der Waals surface area (Å²) in [7, 11) is 0. The minimum absolute atomic E-state index is 0.0645. The van der Waals surface area contributed by atoms with Gasteiger partial charge in [-0.05, 0) is 60.9 Å². The number of aromatic nitrogens is 1. The summed E-state index contributed by atoms with van der Waals surface area (Å²) in [5.74, 6) is 1.06. The molecule has 5 rings (SSSR count). The van der Waals surface area contributed by atoms with Crippen molar-refractivity contribution in [3.05, 3.63) is 59.7 Å². The number of halogens is 1. The van der Waals surface area contributed by atoms with Crippen molar-refractivity contribution in [2.45, 2.75) is 38.3 Å². The van der Waals surface area contributed by atoms with Crippen LogP contribution in [0, 0.1) is 17.7 Å². The van der Waals surface area contributed by atoms with E-state index in [0.29, 0.717) is 23.9 Å². The summed E-state index contributed by atoms with van der Waals surface area (Å²) < 4.78 is 21.0. The van der Waals surface area contributed by atoms with Crippen LogP contribution in [0.2, 0.25) is 0 Å². The number of amides is 1. The Hall–Kier alpha value is -2.56. The molecule has 2 aliphatic carbocycles. The van der Waals surface area contributed by atoms with E-state index in [9.17, 15) is 9.18 Å². The van der Waals surface area contributed by atoms with Gasteiger partial charge in [0.05, 0.1) is 12.8 Å². The first-order valence-corrected chi connectivity index (χ1v) is 9.29. The lowest BCUT2D eigenvalue weighted by Crippen LogP contribution is -2.39. The topological polar surface area (TPSA) is 47.2 Å².